The van der Waals surface area contributed by atoms with E-state index in [4.69, 9.17) is 12.2 Å². The minimum Gasteiger partial charge on any atom is -0.367 e. The topological polar surface area (TPSA) is 49.2 Å². The summed E-state index contributed by atoms with van der Waals surface area (Å²) < 4.78 is 2.19. The van der Waals surface area contributed by atoms with Crippen molar-refractivity contribution in [2.24, 2.45) is 5.10 Å². The molecule has 0 radical (unpaired) electrons. The van der Waals surface area contributed by atoms with E-state index in [1.165, 1.54) is 16.1 Å². The summed E-state index contributed by atoms with van der Waals surface area (Å²) in [5.41, 5.74) is 3.51. The number of thiophene rings is 1. The molecule has 1 N–H and O–H groups in total. The zero-order valence-electron chi connectivity index (χ0n) is 16.7. The molecule has 0 bridgehead atoms. The van der Waals surface area contributed by atoms with Crippen LogP contribution in [0.3, 0.4) is 0 Å². The van der Waals surface area contributed by atoms with Gasteiger partial charge in [0.25, 0.3) is 0 Å². The first-order valence-electron chi connectivity index (χ1n) is 9.85. The highest BCUT2D eigenvalue weighted by atomic mass is 32.1. The Bertz CT molecular complexity index is 1140. The van der Waals surface area contributed by atoms with Crippen LogP contribution in [0, 0.1) is 4.77 Å². The van der Waals surface area contributed by atoms with Crippen molar-refractivity contribution in [2.45, 2.75) is 19.9 Å². The van der Waals surface area contributed by atoms with Crippen molar-refractivity contribution in [3.8, 4) is 0 Å². The standard InChI is InChI=1S/C23H23N5S2/c1-2-27(17-19-7-4-3-5-8-19)20-12-10-18(11-13-20)16-24-28-22(25-26-23(28)29)15-21-9-6-14-30-21/h3-14,16H,2,15,17H2,1H3,(H,26,29)/b24-16-. The Balaban J connectivity index is 1.48. The second kappa shape index (κ2) is 9.65. The third kappa shape index (κ3) is 4.93. The zero-order valence-corrected chi connectivity index (χ0v) is 18.4. The van der Waals surface area contributed by atoms with Crippen molar-refractivity contribution >= 4 is 35.5 Å². The van der Waals surface area contributed by atoms with Gasteiger partial charge in [-0.2, -0.15) is 14.9 Å². The summed E-state index contributed by atoms with van der Waals surface area (Å²) in [6, 6.07) is 23.1. The first kappa shape index (κ1) is 20.3. The number of hydrogen-bond acceptors (Lipinski definition) is 5. The normalized spacial score (nSPS) is 11.2. The lowest BCUT2D eigenvalue weighted by Crippen LogP contribution is -2.21. The number of nitrogens with one attached hydrogen (secondary N) is 1. The molecular weight excluding hydrogens is 410 g/mol. The molecule has 0 amide bonds. The van der Waals surface area contributed by atoms with E-state index in [1.54, 1.807) is 16.0 Å². The van der Waals surface area contributed by atoms with Crippen LogP contribution < -0.4 is 4.90 Å². The number of aromatic amines is 1. The molecule has 0 unspecified atom stereocenters. The molecule has 7 heteroatoms. The van der Waals surface area contributed by atoms with E-state index in [0.29, 0.717) is 11.2 Å². The largest absolute Gasteiger partial charge is 0.367 e. The SMILES string of the molecule is CCN(Cc1ccccc1)c1ccc(/C=N\n2c(Cc3cccs3)n[nH]c2=S)cc1. The highest BCUT2D eigenvalue weighted by Gasteiger charge is 2.08. The van der Waals surface area contributed by atoms with Crippen LogP contribution in [0.5, 0.6) is 0 Å². The third-order valence-electron chi connectivity index (χ3n) is 4.81. The van der Waals surface area contributed by atoms with Gasteiger partial charge in [-0.05, 0) is 53.8 Å². The molecule has 4 aromatic rings. The first-order chi connectivity index (χ1) is 14.7. The monoisotopic (exact) mass is 433 g/mol. The molecule has 2 heterocycles. The fourth-order valence-electron chi connectivity index (χ4n) is 3.21. The van der Waals surface area contributed by atoms with E-state index in [2.05, 4.69) is 87.1 Å². The van der Waals surface area contributed by atoms with E-state index < -0.39 is 0 Å². The Morgan fingerprint density at radius 2 is 1.90 bits per heavy atom. The molecular formula is C23H23N5S2. The van der Waals surface area contributed by atoms with Gasteiger partial charge in [0.1, 0.15) is 0 Å². The number of aromatic nitrogens is 3. The van der Waals surface area contributed by atoms with Crippen molar-refractivity contribution in [3.05, 3.63) is 98.7 Å². The van der Waals surface area contributed by atoms with Crippen molar-refractivity contribution < 1.29 is 0 Å². The summed E-state index contributed by atoms with van der Waals surface area (Å²) in [5.74, 6) is 0.801. The van der Waals surface area contributed by atoms with Crippen LogP contribution in [0.1, 0.15) is 28.8 Å². The Morgan fingerprint density at radius 1 is 1.10 bits per heavy atom. The van der Waals surface area contributed by atoms with Crippen LogP contribution >= 0.6 is 23.6 Å². The lowest BCUT2D eigenvalue weighted by Gasteiger charge is -2.23. The lowest BCUT2D eigenvalue weighted by molar-refractivity contribution is 0.795. The molecule has 30 heavy (non-hydrogen) atoms. The fraction of sp³-hybridized carbons (Fsp3) is 0.174. The van der Waals surface area contributed by atoms with Gasteiger partial charge in [-0.15, -0.1) is 11.3 Å². The summed E-state index contributed by atoms with van der Waals surface area (Å²) in [6.07, 6.45) is 2.52. The predicted octanol–water partition coefficient (Wildman–Crippen LogP) is 5.50. The number of rotatable bonds is 8. The van der Waals surface area contributed by atoms with E-state index in [-0.39, 0.29) is 0 Å². The number of hydrogen-bond donors (Lipinski definition) is 1. The first-order valence-corrected chi connectivity index (χ1v) is 11.1. The molecule has 0 aliphatic heterocycles. The summed E-state index contributed by atoms with van der Waals surface area (Å²) in [6.45, 7) is 4.01. The third-order valence-corrected chi connectivity index (χ3v) is 5.95. The van der Waals surface area contributed by atoms with Gasteiger partial charge in [0.05, 0.1) is 6.21 Å². The molecule has 0 aliphatic rings. The van der Waals surface area contributed by atoms with Gasteiger partial charge in [-0.3, -0.25) is 5.10 Å². The maximum atomic E-state index is 5.34. The van der Waals surface area contributed by atoms with Crippen molar-refractivity contribution in [1.82, 2.24) is 14.9 Å². The summed E-state index contributed by atoms with van der Waals surface area (Å²) >= 11 is 7.04. The molecule has 2 aromatic carbocycles. The van der Waals surface area contributed by atoms with Crippen LogP contribution in [0.2, 0.25) is 0 Å². The van der Waals surface area contributed by atoms with Crippen LogP contribution in [0.15, 0.2) is 77.2 Å². The van der Waals surface area contributed by atoms with Crippen LogP contribution in [-0.4, -0.2) is 27.6 Å². The predicted molar refractivity (Wildman–Crippen MR) is 127 cm³/mol. The van der Waals surface area contributed by atoms with Gasteiger partial charge in [0, 0.05) is 30.1 Å². The highest BCUT2D eigenvalue weighted by Crippen LogP contribution is 2.18. The molecule has 152 valence electrons. The number of benzene rings is 2. The van der Waals surface area contributed by atoms with E-state index in [0.717, 1.165) is 24.5 Å². The summed E-state index contributed by atoms with van der Waals surface area (Å²) in [7, 11) is 0. The number of anilines is 1. The minimum atomic E-state index is 0.495. The van der Waals surface area contributed by atoms with E-state index >= 15 is 0 Å². The van der Waals surface area contributed by atoms with Gasteiger partial charge in [0.2, 0.25) is 4.77 Å². The van der Waals surface area contributed by atoms with Gasteiger partial charge >= 0.3 is 0 Å². The van der Waals surface area contributed by atoms with Gasteiger partial charge in [0.15, 0.2) is 5.82 Å². The fourth-order valence-corrected chi connectivity index (χ4v) is 4.11. The smallest absolute Gasteiger partial charge is 0.216 e. The van der Waals surface area contributed by atoms with Gasteiger partial charge in [-0.25, -0.2) is 0 Å². The molecule has 4 rings (SSSR count). The average molecular weight is 434 g/mol. The molecule has 2 aromatic heterocycles. The Kier molecular flexibility index (Phi) is 6.51. The summed E-state index contributed by atoms with van der Waals surface area (Å²) in [5, 5.41) is 13.8. The molecule has 0 saturated carbocycles. The average Bonchev–Trinajstić information content (AvgIpc) is 3.42. The van der Waals surface area contributed by atoms with Crippen LogP contribution in [0.25, 0.3) is 0 Å². The molecule has 0 spiro atoms. The highest BCUT2D eigenvalue weighted by molar-refractivity contribution is 7.71. The van der Waals surface area contributed by atoms with Crippen LogP contribution in [0.4, 0.5) is 5.69 Å². The van der Waals surface area contributed by atoms with E-state index in [1.807, 2.05) is 18.3 Å². The second-order valence-corrected chi connectivity index (χ2v) is 8.27. The quantitative estimate of drug-likeness (QED) is 0.295. The zero-order chi connectivity index (χ0) is 20.8. The number of nitrogens with zero attached hydrogens (tertiary/aromatic N) is 4. The van der Waals surface area contributed by atoms with Crippen molar-refractivity contribution in [1.29, 1.82) is 0 Å². The second-order valence-electron chi connectivity index (χ2n) is 6.85. The Hall–Kier alpha value is -3.03. The molecule has 0 saturated heterocycles. The minimum absolute atomic E-state index is 0.495. The molecule has 0 atom stereocenters. The summed E-state index contributed by atoms with van der Waals surface area (Å²) in [4.78, 5) is 3.57. The van der Waals surface area contributed by atoms with E-state index in [9.17, 15) is 0 Å². The van der Waals surface area contributed by atoms with Gasteiger partial charge in [-0.1, -0.05) is 48.5 Å². The maximum absolute atomic E-state index is 5.34. The lowest BCUT2D eigenvalue weighted by atomic mass is 10.1. The Morgan fingerprint density at radius 3 is 2.60 bits per heavy atom. The molecule has 0 aliphatic carbocycles. The maximum Gasteiger partial charge on any atom is 0.216 e. The number of H-pyrrole nitrogens is 1. The Labute approximate surface area is 185 Å². The molecule has 5 nitrogen and oxygen atoms in total. The van der Waals surface area contributed by atoms with Crippen molar-refractivity contribution in [2.75, 3.05) is 11.4 Å². The van der Waals surface area contributed by atoms with Crippen LogP contribution in [-0.2, 0) is 13.0 Å². The van der Waals surface area contributed by atoms with Gasteiger partial charge < -0.3 is 4.90 Å². The van der Waals surface area contributed by atoms with Crippen molar-refractivity contribution in [3.63, 3.8) is 0 Å². The molecule has 0 fully saturated rings.